The fraction of sp³-hybridized carbons (Fsp3) is 0.529. The number of amidine groups is 1. The zero-order valence-electron chi connectivity index (χ0n) is 13.2. The lowest BCUT2D eigenvalue weighted by Gasteiger charge is -2.30. The lowest BCUT2D eigenvalue weighted by molar-refractivity contribution is -0.122. The summed E-state index contributed by atoms with van der Waals surface area (Å²) >= 11 is 0. The van der Waals surface area contributed by atoms with Crippen LogP contribution in [0, 0.1) is 11.7 Å². The number of benzene rings is 1. The van der Waals surface area contributed by atoms with E-state index >= 15 is 0 Å². The monoisotopic (exact) mass is 320 g/mol. The molecule has 3 rings (SSSR count). The summed E-state index contributed by atoms with van der Waals surface area (Å²) < 4.78 is 25.0. The maximum atomic E-state index is 14.3. The number of halogens is 1. The van der Waals surface area contributed by atoms with Gasteiger partial charge in [0.2, 0.25) is 0 Å². The summed E-state index contributed by atoms with van der Waals surface area (Å²) in [4.78, 5) is 16.6. The standard InChI is InChI=1S/C17H21FN2O3/c1-17(10-23-9-16(19)20-17)13-6-11(2-3-14(13)18)7-15(21)12-4-5-22-8-12/h2-3,6,12H,4-5,7-10H2,1H3,(H2,19,20)/t12?,17-/m0/s1. The van der Waals surface area contributed by atoms with Gasteiger partial charge in [-0.25, -0.2) is 4.39 Å². The fourth-order valence-electron chi connectivity index (χ4n) is 3.10. The molecular weight excluding hydrogens is 299 g/mol. The van der Waals surface area contributed by atoms with Crippen molar-refractivity contribution in [2.45, 2.75) is 25.3 Å². The highest BCUT2D eigenvalue weighted by Gasteiger charge is 2.33. The van der Waals surface area contributed by atoms with Crippen LogP contribution in [-0.4, -0.2) is 38.0 Å². The lowest BCUT2D eigenvalue weighted by Crippen LogP contribution is -2.38. The minimum Gasteiger partial charge on any atom is -0.386 e. The van der Waals surface area contributed by atoms with Crippen LogP contribution in [0.3, 0.4) is 0 Å². The molecule has 1 aromatic carbocycles. The van der Waals surface area contributed by atoms with Crippen molar-refractivity contribution in [1.82, 2.24) is 0 Å². The van der Waals surface area contributed by atoms with Gasteiger partial charge in [0.25, 0.3) is 0 Å². The molecule has 0 saturated carbocycles. The molecule has 1 fully saturated rings. The predicted octanol–water partition coefficient (Wildman–Crippen LogP) is 1.58. The molecule has 0 bridgehead atoms. The Hall–Kier alpha value is -1.79. The molecule has 0 amide bonds. The van der Waals surface area contributed by atoms with Crippen molar-refractivity contribution in [2.75, 3.05) is 26.4 Å². The summed E-state index contributed by atoms with van der Waals surface area (Å²) in [6.07, 6.45) is 1.04. The zero-order valence-corrected chi connectivity index (χ0v) is 13.2. The molecule has 2 N–H and O–H groups in total. The van der Waals surface area contributed by atoms with Crippen molar-refractivity contribution >= 4 is 11.6 Å². The number of nitrogens with zero attached hydrogens (tertiary/aromatic N) is 1. The fourth-order valence-corrected chi connectivity index (χ4v) is 3.10. The van der Waals surface area contributed by atoms with Crippen LogP contribution in [0.2, 0.25) is 0 Å². The number of rotatable bonds is 4. The van der Waals surface area contributed by atoms with Crippen LogP contribution in [0.1, 0.15) is 24.5 Å². The van der Waals surface area contributed by atoms with E-state index in [1.807, 2.05) is 0 Å². The van der Waals surface area contributed by atoms with Gasteiger partial charge in [-0.05, 0) is 31.0 Å². The molecule has 1 saturated heterocycles. The summed E-state index contributed by atoms with van der Waals surface area (Å²) in [5, 5.41) is 0. The maximum absolute atomic E-state index is 14.3. The van der Waals surface area contributed by atoms with Crippen LogP contribution >= 0.6 is 0 Å². The molecule has 0 spiro atoms. The Morgan fingerprint density at radius 1 is 1.48 bits per heavy atom. The van der Waals surface area contributed by atoms with E-state index in [4.69, 9.17) is 15.2 Å². The summed E-state index contributed by atoms with van der Waals surface area (Å²) in [5.41, 5.74) is 6.06. The first kappa shape index (κ1) is 16.1. The van der Waals surface area contributed by atoms with Gasteiger partial charge in [0.1, 0.15) is 29.6 Å². The van der Waals surface area contributed by atoms with Crippen LogP contribution in [0.5, 0.6) is 0 Å². The number of ketones is 1. The van der Waals surface area contributed by atoms with E-state index in [2.05, 4.69) is 4.99 Å². The molecule has 2 heterocycles. The molecule has 1 unspecified atom stereocenters. The molecule has 5 nitrogen and oxygen atoms in total. The average Bonchev–Trinajstić information content (AvgIpc) is 3.03. The molecular formula is C17H21FN2O3. The summed E-state index contributed by atoms with van der Waals surface area (Å²) in [6.45, 7) is 3.43. The number of carbonyl (C=O) groups excluding carboxylic acids is 1. The number of Topliss-reactive ketones (excluding diaryl/α,β-unsaturated/α-hetero) is 1. The van der Waals surface area contributed by atoms with E-state index in [0.717, 1.165) is 12.0 Å². The van der Waals surface area contributed by atoms with Crippen molar-refractivity contribution in [3.63, 3.8) is 0 Å². The third-order valence-corrected chi connectivity index (χ3v) is 4.40. The highest BCUT2D eigenvalue weighted by molar-refractivity contribution is 5.84. The van der Waals surface area contributed by atoms with Gasteiger partial charge in [0.15, 0.2) is 0 Å². The van der Waals surface area contributed by atoms with Crippen molar-refractivity contribution in [2.24, 2.45) is 16.6 Å². The Kier molecular flexibility index (Phi) is 4.46. The van der Waals surface area contributed by atoms with E-state index in [-0.39, 0.29) is 37.2 Å². The first-order chi connectivity index (χ1) is 11.0. The molecule has 6 heteroatoms. The molecule has 0 radical (unpaired) electrons. The van der Waals surface area contributed by atoms with Crippen LogP contribution in [0.4, 0.5) is 4.39 Å². The highest BCUT2D eigenvalue weighted by atomic mass is 19.1. The van der Waals surface area contributed by atoms with Crippen molar-refractivity contribution in [1.29, 1.82) is 0 Å². The van der Waals surface area contributed by atoms with Crippen LogP contribution in [0.15, 0.2) is 23.2 Å². The number of carbonyl (C=O) groups is 1. The highest BCUT2D eigenvalue weighted by Crippen LogP contribution is 2.31. The number of hydrogen-bond donors (Lipinski definition) is 1. The van der Waals surface area contributed by atoms with E-state index < -0.39 is 5.54 Å². The van der Waals surface area contributed by atoms with Crippen molar-refractivity contribution in [3.8, 4) is 0 Å². The molecule has 2 aliphatic rings. The van der Waals surface area contributed by atoms with E-state index in [1.165, 1.54) is 6.07 Å². The molecule has 2 aliphatic heterocycles. The average molecular weight is 320 g/mol. The third-order valence-electron chi connectivity index (χ3n) is 4.40. The van der Waals surface area contributed by atoms with Crippen LogP contribution in [-0.2, 0) is 26.2 Å². The van der Waals surface area contributed by atoms with E-state index in [0.29, 0.717) is 24.6 Å². The van der Waals surface area contributed by atoms with Gasteiger partial charge < -0.3 is 15.2 Å². The second kappa shape index (κ2) is 6.37. The Bertz CT molecular complexity index is 641. The third kappa shape index (κ3) is 3.43. The van der Waals surface area contributed by atoms with Gasteiger partial charge >= 0.3 is 0 Å². The lowest BCUT2D eigenvalue weighted by atomic mass is 9.89. The van der Waals surface area contributed by atoms with Crippen molar-refractivity contribution in [3.05, 3.63) is 35.1 Å². The van der Waals surface area contributed by atoms with Gasteiger partial charge in [-0.3, -0.25) is 9.79 Å². The summed E-state index contributed by atoms with van der Waals surface area (Å²) in [7, 11) is 0. The van der Waals surface area contributed by atoms with Gasteiger partial charge in [-0.1, -0.05) is 6.07 Å². The van der Waals surface area contributed by atoms with Crippen LogP contribution in [0.25, 0.3) is 0 Å². The van der Waals surface area contributed by atoms with Gasteiger partial charge in [0.05, 0.1) is 13.2 Å². The first-order valence-electron chi connectivity index (χ1n) is 7.79. The van der Waals surface area contributed by atoms with Gasteiger partial charge in [0, 0.05) is 24.5 Å². The quantitative estimate of drug-likeness (QED) is 0.914. The van der Waals surface area contributed by atoms with E-state index in [1.54, 1.807) is 19.1 Å². The molecule has 0 aromatic heterocycles. The minimum absolute atomic E-state index is 0.0502. The number of nitrogens with two attached hydrogens (primary N) is 1. The Labute approximate surface area is 134 Å². The summed E-state index contributed by atoms with van der Waals surface area (Å²) in [5.74, 6) is 0.0663. The molecule has 0 aliphatic carbocycles. The predicted molar refractivity (Wildman–Crippen MR) is 83.8 cm³/mol. The van der Waals surface area contributed by atoms with Gasteiger partial charge in [-0.2, -0.15) is 0 Å². The number of aliphatic imine (C=N–C) groups is 1. The second-order valence-electron chi connectivity index (χ2n) is 6.39. The van der Waals surface area contributed by atoms with E-state index in [9.17, 15) is 9.18 Å². The molecule has 2 atom stereocenters. The molecule has 124 valence electrons. The van der Waals surface area contributed by atoms with Crippen LogP contribution < -0.4 is 5.73 Å². The Morgan fingerprint density at radius 2 is 2.30 bits per heavy atom. The second-order valence-corrected chi connectivity index (χ2v) is 6.39. The first-order valence-corrected chi connectivity index (χ1v) is 7.79. The Morgan fingerprint density at radius 3 is 3.00 bits per heavy atom. The largest absolute Gasteiger partial charge is 0.386 e. The Balaban J connectivity index is 1.84. The number of ether oxygens (including phenoxy) is 2. The topological polar surface area (TPSA) is 73.9 Å². The summed E-state index contributed by atoms with van der Waals surface area (Å²) in [6, 6.07) is 4.73. The number of hydrogen-bond acceptors (Lipinski definition) is 5. The van der Waals surface area contributed by atoms with Gasteiger partial charge in [-0.15, -0.1) is 0 Å². The molecule has 23 heavy (non-hydrogen) atoms. The normalized spacial score (nSPS) is 27.7. The van der Waals surface area contributed by atoms with Crippen molar-refractivity contribution < 1.29 is 18.7 Å². The smallest absolute Gasteiger partial charge is 0.142 e. The SMILES string of the molecule is C[C@@]1(c2cc(CC(=O)C3CCOC3)ccc2F)COCC(N)=N1. The zero-order chi connectivity index (χ0) is 16.4. The minimum atomic E-state index is -0.859. The maximum Gasteiger partial charge on any atom is 0.142 e. The molecule has 1 aromatic rings.